The van der Waals surface area contributed by atoms with Crippen molar-refractivity contribution in [2.75, 3.05) is 19.7 Å². The first-order valence-corrected chi connectivity index (χ1v) is 7.23. The molecule has 0 saturated carbocycles. The molecule has 5 heteroatoms. The molecule has 0 aliphatic carbocycles. The number of hydrogen-bond acceptors (Lipinski definition) is 5. The molecule has 0 heterocycles. The molecule has 1 unspecified atom stereocenters. The molecule has 21 heavy (non-hydrogen) atoms. The number of nitrogens with one attached hydrogen (secondary N) is 1. The molecule has 1 atom stereocenters. The maximum Gasteiger partial charge on any atom is 0.123 e. The number of nitrogens with two attached hydrogens (primary N) is 1. The summed E-state index contributed by atoms with van der Waals surface area (Å²) in [6.07, 6.45) is -0.621. The average molecular weight is 296 g/mol. The van der Waals surface area contributed by atoms with Crippen LogP contribution in [0.3, 0.4) is 0 Å². The van der Waals surface area contributed by atoms with E-state index in [1.807, 2.05) is 34.6 Å². The zero-order valence-corrected chi connectivity index (χ0v) is 13.7. The van der Waals surface area contributed by atoms with Crippen LogP contribution in [0, 0.1) is 20.8 Å². The van der Waals surface area contributed by atoms with Crippen LogP contribution in [-0.2, 0) is 0 Å². The standard InChI is InChI=1S/C16H28N2O3/c1-10-6-14(11(2)12(3)15(10)20)21-8-13(19)7-18-16(4,5)9-17/h6,13,18-20H,7-9,17H2,1-5H3. The maximum absolute atomic E-state index is 9.98. The third-order valence-electron chi connectivity index (χ3n) is 3.77. The van der Waals surface area contributed by atoms with Crippen molar-refractivity contribution in [1.29, 1.82) is 0 Å². The van der Waals surface area contributed by atoms with Gasteiger partial charge in [-0.05, 0) is 57.4 Å². The van der Waals surface area contributed by atoms with Crippen LogP contribution in [0.1, 0.15) is 30.5 Å². The number of aryl methyl sites for hydroxylation is 1. The van der Waals surface area contributed by atoms with Crippen LogP contribution in [0.2, 0.25) is 0 Å². The van der Waals surface area contributed by atoms with Gasteiger partial charge in [0.05, 0.1) is 0 Å². The third-order valence-corrected chi connectivity index (χ3v) is 3.77. The highest BCUT2D eigenvalue weighted by Crippen LogP contribution is 2.31. The summed E-state index contributed by atoms with van der Waals surface area (Å²) in [6.45, 7) is 10.6. The third kappa shape index (κ3) is 4.88. The normalized spacial score (nSPS) is 13.3. The molecule has 0 amide bonds. The lowest BCUT2D eigenvalue weighted by molar-refractivity contribution is 0.0990. The fraction of sp³-hybridized carbons (Fsp3) is 0.625. The van der Waals surface area contributed by atoms with Gasteiger partial charge in [0.1, 0.15) is 24.2 Å². The topological polar surface area (TPSA) is 87.7 Å². The first kappa shape index (κ1) is 17.8. The fourth-order valence-corrected chi connectivity index (χ4v) is 1.89. The molecule has 1 aromatic rings. The highest BCUT2D eigenvalue weighted by molar-refractivity contribution is 5.51. The first-order chi connectivity index (χ1) is 9.68. The van der Waals surface area contributed by atoms with Crippen molar-refractivity contribution < 1.29 is 14.9 Å². The summed E-state index contributed by atoms with van der Waals surface area (Å²) < 4.78 is 5.68. The van der Waals surface area contributed by atoms with Gasteiger partial charge in [-0.1, -0.05) is 0 Å². The smallest absolute Gasteiger partial charge is 0.123 e. The highest BCUT2D eigenvalue weighted by atomic mass is 16.5. The van der Waals surface area contributed by atoms with Gasteiger partial charge in [0, 0.05) is 18.6 Å². The minimum Gasteiger partial charge on any atom is -0.507 e. The van der Waals surface area contributed by atoms with Crippen LogP contribution >= 0.6 is 0 Å². The van der Waals surface area contributed by atoms with Crippen LogP contribution in [0.5, 0.6) is 11.5 Å². The number of β-amino-alcohol motifs (C(OH)–C–C–N with tert-alkyl or cyclic N) is 1. The molecule has 0 saturated heterocycles. The molecule has 0 bridgehead atoms. The summed E-state index contributed by atoms with van der Waals surface area (Å²) in [5.41, 5.74) is 7.89. The van der Waals surface area contributed by atoms with E-state index in [9.17, 15) is 10.2 Å². The van der Waals surface area contributed by atoms with E-state index in [0.717, 1.165) is 16.7 Å². The van der Waals surface area contributed by atoms with E-state index in [1.165, 1.54) is 0 Å². The van der Waals surface area contributed by atoms with Crippen molar-refractivity contribution in [1.82, 2.24) is 5.32 Å². The molecule has 0 aliphatic rings. The van der Waals surface area contributed by atoms with Crippen LogP contribution in [0.4, 0.5) is 0 Å². The van der Waals surface area contributed by atoms with Gasteiger partial charge in [0.2, 0.25) is 0 Å². The summed E-state index contributed by atoms with van der Waals surface area (Å²) >= 11 is 0. The summed E-state index contributed by atoms with van der Waals surface area (Å²) in [7, 11) is 0. The van der Waals surface area contributed by atoms with Gasteiger partial charge in [0.25, 0.3) is 0 Å². The Morgan fingerprint density at radius 3 is 2.48 bits per heavy atom. The first-order valence-electron chi connectivity index (χ1n) is 7.23. The van der Waals surface area contributed by atoms with Crippen molar-refractivity contribution in [2.45, 2.75) is 46.3 Å². The summed E-state index contributed by atoms with van der Waals surface area (Å²) in [5, 5.41) is 23.0. The predicted molar refractivity (Wildman–Crippen MR) is 85.0 cm³/mol. The molecule has 5 N–H and O–H groups in total. The predicted octanol–water partition coefficient (Wildman–Crippen LogP) is 1.38. The lowest BCUT2D eigenvalue weighted by Crippen LogP contribution is -2.49. The van der Waals surface area contributed by atoms with Crippen LogP contribution in [0.15, 0.2) is 6.07 Å². The zero-order chi connectivity index (χ0) is 16.2. The number of ether oxygens (including phenoxy) is 1. The second-order valence-corrected chi connectivity index (χ2v) is 6.22. The SMILES string of the molecule is Cc1cc(OCC(O)CNC(C)(C)CN)c(C)c(C)c1O. The second-order valence-electron chi connectivity index (χ2n) is 6.22. The number of benzene rings is 1. The Morgan fingerprint density at radius 1 is 1.29 bits per heavy atom. The van der Waals surface area contributed by atoms with Gasteiger partial charge >= 0.3 is 0 Å². The Labute approximate surface area is 127 Å². The number of rotatable bonds is 7. The highest BCUT2D eigenvalue weighted by Gasteiger charge is 2.17. The Hall–Kier alpha value is -1.30. The second kappa shape index (κ2) is 7.11. The summed E-state index contributed by atoms with van der Waals surface area (Å²) in [4.78, 5) is 0. The van der Waals surface area contributed by atoms with Crippen molar-refractivity contribution in [2.24, 2.45) is 5.73 Å². The molecular formula is C16H28N2O3. The van der Waals surface area contributed by atoms with E-state index in [1.54, 1.807) is 6.07 Å². The number of aromatic hydroxyl groups is 1. The van der Waals surface area contributed by atoms with Crippen molar-refractivity contribution in [3.05, 3.63) is 22.8 Å². The molecule has 1 rings (SSSR count). The molecule has 0 radical (unpaired) electrons. The van der Waals surface area contributed by atoms with E-state index in [0.29, 0.717) is 24.6 Å². The van der Waals surface area contributed by atoms with Crippen molar-refractivity contribution in [3.8, 4) is 11.5 Å². The average Bonchev–Trinajstić information content (AvgIpc) is 2.45. The molecule has 0 aliphatic heterocycles. The van der Waals surface area contributed by atoms with Crippen molar-refractivity contribution in [3.63, 3.8) is 0 Å². The minimum absolute atomic E-state index is 0.193. The van der Waals surface area contributed by atoms with E-state index >= 15 is 0 Å². The van der Waals surface area contributed by atoms with Crippen molar-refractivity contribution >= 4 is 0 Å². The number of phenols is 1. The zero-order valence-electron chi connectivity index (χ0n) is 13.7. The number of hydrogen-bond donors (Lipinski definition) is 4. The van der Waals surface area contributed by atoms with Gasteiger partial charge < -0.3 is 26.0 Å². The van der Waals surface area contributed by atoms with Gasteiger partial charge in [-0.15, -0.1) is 0 Å². The molecular weight excluding hydrogens is 268 g/mol. The Balaban J connectivity index is 2.60. The fourth-order valence-electron chi connectivity index (χ4n) is 1.89. The largest absolute Gasteiger partial charge is 0.507 e. The van der Waals surface area contributed by atoms with E-state index in [-0.39, 0.29) is 12.1 Å². The minimum atomic E-state index is -0.621. The Bertz CT molecular complexity index is 487. The maximum atomic E-state index is 9.98. The summed E-state index contributed by atoms with van der Waals surface area (Å²) in [6, 6.07) is 1.79. The van der Waals surface area contributed by atoms with Crippen LogP contribution in [-0.4, -0.2) is 41.6 Å². The molecule has 0 spiro atoms. The molecule has 5 nitrogen and oxygen atoms in total. The number of phenolic OH excluding ortho intramolecular Hbond substituents is 1. The van der Waals surface area contributed by atoms with Gasteiger partial charge in [-0.25, -0.2) is 0 Å². The molecule has 120 valence electrons. The van der Waals surface area contributed by atoms with Crippen LogP contribution < -0.4 is 15.8 Å². The lowest BCUT2D eigenvalue weighted by atomic mass is 10.0. The van der Waals surface area contributed by atoms with Gasteiger partial charge in [0.15, 0.2) is 0 Å². The number of aliphatic hydroxyl groups excluding tert-OH is 1. The van der Waals surface area contributed by atoms with Gasteiger partial charge in [-0.2, -0.15) is 0 Å². The van der Waals surface area contributed by atoms with Crippen LogP contribution in [0.25, 0.3) is 0 Å². The molecule has 1 aromatic carbocycles. The molecule has 0 fully saturated rings. The van der Waals surface area contributed by atoms with E-state index < -0.39 is 6.10 Å². The Morgan fingerprint density at radius 2 is 1.90 bits per heavy atom. The van der Waals surface area contributed by atoms with Gasteiger partial charge in [-0.3, -0.25) is 0 Å². The lowest BCUT2D eigenvalue weighted by Gasteiger charge is -2.26. The van der Waals surface area contributed by atoms with E-state index in [2.05, 4.69) is 5.32 Å². The Kier molecular flexibility index (Phi) is 6.01. The number of aliphatic hydroxyl groups is 1. The quantitative estimate of drug-likeness (QED) is 0.610. The molecule has 0 aromatic heterocycles. The van der Waals surface area contributed by atoms with E-state index in [4.69, 9.17) is 10.5 Å². The monoisotopic (exact) mass is 296 g/mol. The summed E-state index contributed by atoms with van der Waals surface area (Å²) in [5.74, 6) is 0.992.